The van der Waals surface area contributed by atoms with Crippen LogP contribution in [0.15, 0.2) is 0 Å². The van der Waals surface area contributed by atoms with E-state index in [-0.39, 0.29) is 19.4 Å². The fraction of sp³-hybridized carbons (Fsp3) is 0.857. The van der Waals surface area contributed by atoms with Crippen LogP contribution in [0.4, 0.5) is 0 Å². The average Bonchev–Trinajstić information content (AvgIpc) is 2.46. The zero-order valence-corrected chi connectivity index (χ0v) is 14.4. The van der Waals surface area contributed by atoms with Crippen molar-refractivity contribution in [2.45, 2.75) is 51.2 Å². The summed E-state index contributed by atoms with van der Waals surface area (Å²) in [7, 11) is 3.58. The molecule has 0 aliphatic carbocycles. The van der Waals surface area contributed by atoms with Crippen molar-refractivity contribution in [1.82, 2.24) is 0 Å². The Labute approximate surface area is 134 Å². The molecule has 0 saturated heterocycles. The van der Waals surface area contributed by atoms with Gasteiger partial charge in [0.05, 0.1) is 19.4 Å². The van der Waals surface area contributed by atoms with Crippen molar-refractivity contribution in [3.63, 3.8) is 0 Å². The van der Waals surface area contributed by atoms with Crippen molar-refractivity contribution < 1.29 is 24.5 Å². The first-order valence-corrected chi connectivity index (χ1v) is 9.64. The van der Waals surface area contributed by atoms with Gasteiger partial charge in [0.2, 0.25) is 0 Å². The molecule has 0 aromatic heterocycles. The van der Waals surface area contributed by atoms with E-state index in [2.05, 4.69) is 6.92 Å². The van der Waals surface area contributed by atoms with Gasteiger partial charge in [0.25, 0.3) is 0 Å². The van der Waals surface area contributed by atoms with Gasteiger partial charge in [0.15, 0.2) is 0 Å². The van der Waals surface area contributed by atoms with E-state index >= 15 is 0 Å². The SMILES string of the molecule is CCC(CC(C)CO)SSCCCOC(=O)CCC(=O)O. The summed E-state index contributed by atoms with van der Waals surface area (Å²) in [5, 5.41) is 18.0. The summed E-state index contributed by atoms with van der Waals surface area (Å²) in [6.07, 6.45) is 2.61. The van der Waals surface area contributed by atoms with Crippen LogP contribution >= 0.6 is 21.6 Å². The maximum Gasteiger partial charge on any atom is 0.306 e. The first kappa shape index (κ1) is 20.6. The minimum absolute atomic E-state index is 0.0613. The number of rotatable bonds is 13. The normalized spacial score (nSPS) is 13.7. The highest BCUT2D eigenvalue weighted by Crippen LogP contribution is 2.32. The zero-order valence-electron chi connectivity index (χ0n) is 12.7. The molecular weight excluding hydrogens is 312 g/mol. The first-order valence-electron chi connectivity index (χ1n) is 7.26. The lowest BCUT2D eigenvalue weighted by atomic mass is 10.1. The van der Waals surface area contributed by atoms with Gasteiger partial charge in [0, 0.05) is 17.6 Å². The number of aliphatic hydroxyl groups is 1. The van der Waals surface area contributed by atoms with Gasteiger partial charge in [-0.2, -0.15) is 0 Å². The van der Waals surface area contributed by atoms with Crippen LogP contribution in [-0.2, 0) is 14.3 Å². The molecule has 0 saturated carbocycles. The summed E-state index contributed by atoms with van der Waals surface area (Å²) in [5.41, 5.74) is 0. The second kappa shape index (κ2) is 13.3. The molecule has 124 valence electrons. The van der Waals surface area contributed by atoms with E-state index in [1.54, 1.807) is 10.8 Å². The molecule has 0 aliphatic heterocycles. The van der Waals surface area contributed by atoms with E-state index < -0.39 is 11.9 Å². The molecule has 0 bridgehead atoms. The third-order valence-corrected chi connectivity index (χ3v) is 5.93. The summed E-state index contributed by atoms with van der Waals surface area (Å²) >= 11 is 0. The van der Waals surface area contributed by atoms with E-state index in [0.29, 0.717) is 17.8 Å². The summed E-state index contributed by atoms with van der Waals surface area (Å²) < 4.78 is 4.95. The average molecular weight is 338 g/mol. The largest absolute Gasteiger partial charge is 0.481 e. The first-order chi connectivity index (χ1) is 9.99. The van der Waals surface area contributed by atoms with Crippen molar-refractivity contribution in [3.05, 3.63) is 0 Å². The second-order valence-corrected chi connectivity index (χ2v) is 7.73. The van der Waals surface area contributed by atoms with Crippen LogP contribution in [-0.4, -0.2) is 46.4 Å². The molecule has 0 radical (unpaired) electrons. The monoisotopic (exact) mass is 338 g/mol. The number of carboxylic acids is 1. The van der Waals surface area contributed by atoms with Gasteiger partial charge in [0.1, 0.15) is 0 Å². The van der Waals surface area contributed by atoms with Crippen molar-refractivity contribution in [3.8, 4) is 0 Å². The number of carbonyl (C=O) groups is 2. The Balaban J connectivity index is 3.53. The van der Waals surface area contributed by atoms with Gasteiger partial charge < -0.3 is 14.9 Å². The van der Waals surface area contributed by atoms with Gasteiger partial charge >= 0.3 is 11.9 Å². The number of aliphatic carboxylic acids is 1. The molecule has 5 nitrogen and oxygen atoms in total. The molecule has 2 N–H and O–H groups in total. The Hall–Kier alpha value is -0.400. The minimum Gasteiger partial charge on any atom is -0.481 e. The molecule has 0 spiro atoms. The molecule has 0 rings (SSSR count). The highest BCUT2D eigenvalue weighted by Gasteiger charge is 2.12. The predicted molar refractivity (Wildman–Crippen MR) is 87.4 cm³/mol. The number of aliphatic hydroxyl groups excluding tert-OH is 1. The fourth-order valence-corrected chi connectivity index (χ4v) is 4.46. The van der Waals surface area contributed by atoms with Crippen molar-refractivity contribution in [1.29, 1.82) is 0 Å². The Morgan fingerprint density at radius 2 is 2.00 bits per heavy atom. The molecular formula is C14H26O5S2. The van der Waals surface area contributed by atoms with Crippen LogP contribution in [0.3, 0.4) is 0 Å². The van der Waals surface area contributed by atoms with Gasteiger partial charge in [-0.15, -0.1) is 0 Å². The van der Waals surface area contributed by atoms with E-state index in [4.69, 9.17) is 14.9 Å². The molecule has 0 aromatic carbocycles. The third kappa shape index (κ3) is 13.0. The number of hydrogen-bond acceptors (Lipinski definition) is 6. The van der Waals surface area contributed by atoms with Crippen LogP contribution in [0.5, 0.6) is 0 Å². The Morgan fingerprint density at radius 3 is 2.57 bits per heavy atom. The maximum atomic E-state index is 11.2. The molecule has 0 heterocycles. The number of ether oxygens (including phenoxy) is 1. The van der Waals surface area contributed by atoms with Crippen molar-refractivity contribution in [2.24, 2.45) is 5.92 Å². The Bertz CT molecular complexity index is 299. The lowest BCUT2D eigenvalue weighted by Gasteiger charge is -2.17. The highest BCUT2D eigenvalue weighted by molar-refractivity contribution is 8.76. The second-order valence-electron chi connectivity index (χ2n) is 4.94. The van der Waals surface area contributed by atoms with Gasteiger partial charge in [-0.3, -0.25) is 9.59 Å². The van der Waals surface area contributed by atoms with Crippen LogP contribution in [0, 0.1) is 5.92 Å². The van der Waals surface area contributed by atoms with Crippen LogP contribution in [0.25, 0.3) is 0 Å². The predicted octanol–water partition coefficient (Wildman–Crippen LogP) is 2.96. The Morgan fingerprint density at radius 1 is 1.29 bits per heavy atom. The zero-order chi connectivity index (χ0) is 16.1. The van der Waals surface area contributed by atoms with E-state index in [1.165, 1.54) is 0 Å². The summed E-state index contributed by atoms with van der Waals surface area (Å²) in [5.74, 6) is -0.209. The molecule has 0 aliphatic rings. The molecule has 0 aromatic rings. The molecule has 2 unspecified atom stereocenters. The number of carbonyl (C=O) groups excluding carboxylic acids is 1. The quantitative estimate of drug-likeness (QED) is 0.303. The van der Waals surface area contributed by atoms with Crippen LogP contribution < -0.4 is 0 Å². The highest BCUT2D eigenvalue weighted by atomic mass is 33.1. The van der Waals surface area contributed by atoms with Gasteiger partial charge in [-0.05, 0) is 25.2 Å². The molecule has 0 fully saturated rings. The van der Waals surface area contributed by atoms with E-state index in [1.807, 2.05) is 17.7 Å². The number of esters is 1. The Kier molecular flexibility index (Phi) is 13.0. The number of carboxylic acid groups (broad SMARTS) is 1. The molecule has 7 heteroatoms. The smallest absolute Gasteiger partial charge is 0.306 e. The van der Waals surface area contributed by atoms with E-state index in [9.17, 15) is 9.59 Å². The molecule has 2 atom stereocenters. The summed E-state index contributed by atoms with van der Waals surface area (Å²) in [6.45, 7) is 4.76. The summed E-state index contributed by atoms with van der Waals surface area (Å²) in [4.78, 5) is 21.4. The van der Waals surface area contributed by atoms with Crippen LogP contribution in [0.2, 0.25) is 0 Å². The van der Waals surface area contributed by atoms with Crippen molar-refractivity contribution in [2.75, 3.05) is 19.0 Å². The lowest BCUT2D eigenvalue weighted by molar-refractivity contribution is -0.147. The third-order valence-electron chi connectivity index (χ3n) is 2.81. The van der Waals surface area contributed by atoms with Gasteiger partial charge in [-0.1, -0.05) is 35.4 Å². The van der Waals surface area contributed by atoms with E-state index in [0.717, 1.165) is 25.0 Å². The molecule has 21 heavy (non-hydrogen) atoms. The maximum absolute atomic E-state index is 11.2. The lowest BCUT2D eigenvalue weighted by Crippen LogP contribution is -2.10. The van der Waals surface area contributed by atoms with Crippen LogP contribution in [0.1, 0.15) is 46.0 Å². The standard InChI is InChI=1S/C14H26O5S2/c1-3-12(9-11(2)10-15)21-20-8-4-7-19-14(18)6-5-13(16)17/h11-12,15H,3-10H2,1-2H3,(H,16,17). The fourth-order valence-electron chi connectivity index (χ4n) is 1.53. The number of hydrogen-bond donors (Lipinski definition) is 2. The molecule has 0 amide bonds. The van der Waals surface area contributed by atoms with Crippen molar-refractivity contribution >= 4 is 33.5 Å². The minimum atomic E-state index is -0.985. The summed E-state index contributed by atoms with van der Waals surface area (Å²) in [6, 6.07) is 0. The van der Waals surface area contributed by atoms with Gasteiger partial charge in [-0.25, -0.2) is 0 Å². The topological polar surface area (TPSA) is 83.8 Å².